The molecule has 2 amide bonds. The van der Waals surface area contributed by atoms with Gasteiger partial charge in [0.25, 0.3) is 11.8 Å². The van der Waals surface area contributed by atoms with Gasteiger partial charge in [-0.2, -0.15) is 0 Å². The molecule has 20 heteroatoms. The Morgan fingerprint density at radius 2 is 0.878 bits per heavy atom. The van der Waals surface area contributed by atoms with Gasteiger partial charge in [0.2, 0.25) is 0 Å². The van der Waals surface area contributed by atoms with Gasteiger partial charge in [-0.05, 0) is 109 Å². The molecule has 14 nitrogen and oxygen atoms in total. The number of rotatable bonds is 18. The second-order valence-electron chi connectivity index (χ2n) is 19.5. The van der Waals surface area contributed by atoms with Gasteiger partial charge in [-0.3, -0.25) is 19.2 Å². The van der Waals surface area contributed by atoms with Crippen LogP contribution in [0.25, 0.3) is 0 Å². The van der Waals surface area contributed by atoms with E-state index in [2.05, 4.69) is 0 Å². The van der Waals surface area contributed by atoms with Crippen LogP contribution in [0.3, 0.4) is 0 Å². The van der Waals surface area contributed by atoms with Gasteiger partial charge in [-0.15, -0.1) is 0 Å². The van der Waals surface area contributed by atoms with Crippen LogP contribution in [0, 0.1) is 0 Å². The molecule has 2 aliphatic heterocycles. The molecule has 8 rings (SSSR count). The summed E-state index contributed by atoms with van der Waals surface area (Å²) in [6.07, 6.45) is 1.62. The van der Waals surface area contributed by atoms with Crippen molar-refractivity contribution in [1.29, 1.82) is 0 Å². The molecule has 0 radical (unpaired) electrons. The van der Waals surface area contributed by atoms with Crippen molar-refractivity contribution in [1.82, 2.24) is 9.80 Å². The molecule has 4 fully saturated rings. The number of carbonyl (C=O) groups is 4. The molecule has 400 valence electrons. The van der Waals surface area contributed by atoms with Gasteiger partial charge in [0.1, 0.15) is 24.4 Å². The number of amides is 2. The van der Waals surface area contributed by atoms with Gasteiger partial charge in [-0.25, -0.2) is 16.8 Å². The van der Waals surface area contributed by atoms with Gasteiger partial charge >= 0.3 is 11.9 Å². The van der Waals surface area contributed by atoms with Gasteiger partial charge in [-0.1, -0.05) is 134 Å². The summed E-state index contributed by atoms with van der Waals surface area (Å²) >= 11 is 24.9. The number of hydrogen-bond donors (Lipinski definition) is 2. The van der Waals surface area contributed by atoms with E-state index in [1.807, 2.05) is 26.0 Å². The number of carboxylic acid groups (broad SMARTS) is 2. The first-order chi connectivity index (χ1) is 35.2. The van der Waals surface area contributed by atoms with Crippen LogP contribution in [0.4, 0.5) is 0 Å². The molecule has 4 aromatic carbocycles. The summed E-state index contributed by atoms with van der Waals surface area (Å²) in [5.41, 5.74) is 2.73. The summed E-state index contributed by atoms with van der Waals surface area (Å²) in [6.45, 7) is 3.69. The summed E-state index contributed by atoms with van der Waals surface area (Å²) in [5, 5.41) is 20.2. The summed E-state index contributed by atoms with van der Waals surface area (Å²) in [4.78, 5) is 54.1. The van der Waals surface area contributed by atoms with Gasteiger partial charge in [0.05, 0.1) is 46.9 Å². The van der Waals surface area contributed by atoms with Crippen LogP contribution in [0.1, 0.15) is 137 Å². The Morgan fingerprint density at radius 1 is 0.541 bits per heavy atom. The number of hydrogen-bond acceptors (Lipinski definition) is 10. The van der Waals surface area contributed by atoms with Crippen LogP contribution in [0.2, 0.25) is 20.1 Å². The topological polar surface area (TPSA) is 202 Å². The van der Waals surface area contributed by atoms with E-state index in [1.165, 1.54) is 0 Å². The molecule has 8 atom stereocenters. The standard InChI is InChI=1S/2C27H31Cl2NO6S/c2*1-2-21(16-37(34,35)22-8-3-4-9-22)30-25(17-10-12-19(28)13-11-17)26(18-6-5-7-20(29)14-18)36-23(27(30)33)15-24(31)32/h2*5-7,10-14,21-23,25-26H,2-4,8-9,15-16H2,1H3,(H,31,32)/t21-,23+,25+,26+;21-,23-,25+,26+/m00/s1. The molecule has 2 saturated carbocycles. The summed E-state index contributed by atoms with van der Waals surface area (Å²) in [5.74, 6) is -3.81. The largest absolute Gasteiger partial charge is 0.481 e. The third-order valence-corrected chi connectivity index (χ3v) is 20.2. The number of carbonyl (C=O) groups excluding carboxylic acids is 2. The Morgan fingerprint density at radius 3 is 1.18 bits per heavy atom. The lowest BCUT2D eigenvalue weighted by Gasteiger charge is -2.48. The predicted octanol–water partition coefficient (Wildman–Crippen LogP) is 11.2. The number of aliphatic carboxylic acids is 2. The van der Waals surface area contributed by atoms with E-state index < -0.39 is 115 Å². The van der Waals surface area contributed by atoms with E-state index in [4.69, 9.17) is 55.9 Å². The van der Waals surface area contributed by atoms with Gasteiger partial charge in [0, 0.05) is 32.2 Å². The van der Waals surface area contributed by atoms with Crippen LogP contribution in [-0.4, -0.2) is 107 Å². The molecule has 4 aliphatic rings. The van der Waals surface area contributed by atoms with E-state index in [0.29, 0.717) is 80.9 Å². The maximum absolute atomic E-state index is 13.9. The minimum atomic E-state index is -3.48. The van der Waals surface area contributed by atoms with Crippen molar-refractivity contribution in [3.8, 4) is 0 Å². The zero-order chi connectivity index (χ0) is 53.5. The van der Waals surface area contributed by atoms with Crippen molar-refractivity contribution in [3.63, 3.8) is 0 Å². The molecular weight excluding hydrogens is 1070 g/mol. The summed E-state index contributed by atoms with van der Waals surface area (Å²) in [6, 6.07) is 25.2. The van der Waals surface area contributed by atoms with Crippen LogP contribution in [0.15, 0.2) is 97.1 Å². The molecule has 0 bridgehead atoms. The Labute approximate surface area is 453 Å². The molecular formula is C54H62Cl4N2O12S2. The maximum atomic E-state index is 13.9. The fourth-order valence-corrected chi connectivity index (χ4v) is 16.1. The Kier molecular flexibility index (Phi) is 19.6. The molecule has 4 aromatic rings. The monoisotopic (exact) mass is 1130 g/mol. The molecule has 2 N–H and O–H groups in total. The smallest absolute Gasteiger partial charge is 0.306 e. The van der Waals surface area contributed by atoms with Gasteiger partial charge in [0.15, 0.2) is 19.7 Å². The van der Waals surface area contributed by atoms with Crippen molar-refractivity contribution in [2.45, 2.75) is 150 Å². The fraction of sp³-hybridized carbons (Fsp3) is 0.481. The molecule has 0 aromatic heterocycles. The number of halogens is 4. The average Bonchev–Trinajstić information content (AvgIpc) is 4.12. The van der Waals surface area contributed by atoms with E-state index in [1.54, 1.807) is 94.7 Å². The van der Waals surface area contributed by atoms with Gasteiger partial charge < -0.3 is 29.5 Å². The highest BCUT2D eigenvalue weighted by Gasteiger charge is 2.50. The lowest BCUT2D eigenvalue weighted by molar-refractivity contribution is -0.182. The minimum Gasteiger partial charge on any atom is -0.481 e. The normalized spacial score (nSPS) is 23.8. The van der Waals surface area contributed by atoms with Crippen molar-refractivity contribution in [2.24, 2.45) is 0 Å². The van der Waals surface area contributed by atoms with Crippen molar-refractivity contribution in [2.75, 3.05) is 11.5 Å². The average molecular weight is 1140 g/mol. The highest BCUT2D eigenvalue weighted by molar-refractivity contribution is 7.92. The maximum Gasteiger partial charge on any atom is 0.306 e. The molecule has 2 aliphatic carbocycles. The third kappa shape index (κ3) is 13.8. The summed E-state index contributed by atoms with van der Waals surface area (Å²) < 4.78 is 66.0. The SMILES string of the molecule is CC[C@@H](CS(=O)(=O)C1CCCC1)N1C(=O)[C@@H](CC(=O)O)O[C@H](c2cccc(Cl)c2)[C@H]1c1ccc(Cl)cc1.CC[C@@H](CS(=O)(=O)C1CCCC1)N1C(=O)[C@H](CC(=O)O)O[C@H](c2cccc(Cl)c2)[C@H]1c1ccc(Cl)cc1. The molecule has 2 saturated heterocycles. The number of nitrogens with zero attached hydrogens (tertiary/aromatic N) is 2. The summed E-state index contributed by atoms with van der Waals surface area (Å²) in [7, 11) is -6.96. The third-order valence-electron chi connectivity index (χ3n) is 14.6. The molecule has 2 heterocycles. The zero-order valence-corrected chi connectivity index (χ0v) is 45.8. The number of ether oxygens (including phenoxy) is 2. The first kappa shape index (κ1) is 57.4. The second kappa shape index (κ2) is 25.3. The molecule has 0 spiro atoms. The van der Waals surface area contributed by atoms with Crippen molar-refractivity contribution in [3.05, 3.63) is 139 Å². The number of carboxylic acids is 2. The lowest BCUT2D eigenvalue weighted by Crippen LogP contribution is -2.56. The second-order valence-corrected chi connectivity index (χ2v) is 25.9. The molecule has 74 heavy (non-hydrogen) atoms. The van der Waals surface area contributed by atoms with Crippen LogP contribution in [-0.2, 0) is 48.3 Å². The van der Waals surface area contributed by atoms with Crippen molar-refractivity contribution < 1.29 is 55.7 Å². The van der Waals surface area contributed by atoms with E-state index in [0.717, 1.165) is 25.7 Å². The van der Waals surface area contributed by atoms with Crippen LogP contribution >= 0.6 is 46.4 Å². The Bertz CT molecular complexity index is 2650. The number of benzene rings is 4. The highest BCUT2D eigenvalue weighted by atomic mass is 35.5. The minimum absolute atomic E-state index is 0.188. The number of sulfone groups is 2. The van der Waals surface area contributed by atoms with E-state index in [-0.39, 0.29) is 11.5 Å². The quantitative estimate of drug-likeness (QED) is 0.0956. The predicted molar refractivity (Wildman–Crippen MR) is 285 cm³/mol. The zero-order valence-electron chi connectivity index (χ0n) is 41.1. The fourth-order valence-electron chi connectivity index (χ4n) is 10.9. The first-order valence-corrected chi connectivity index (χ1v) is 30.0. The Balaban J connectivity index is 0.000000216. The number of morpholine rings is 2. The first-order valence-electron chi connectivity index (χ1n) is 25.0. The lowest BCUT2D eigenvalue weighted by atomic mass is 9.89. The highest BCUT2D eigenvalue weighted by Crippen LogP contribution is 2.47. The molecule has 0 unspecified atom stereocenters. The van der Waals surface area contributed by atoms with E-state index >= 15 is 0 Å². The van der Waals surface area contributed by atoms with E-state index in [9.17, 15) is 46.2 Å². The van der Waals surface area contributed by atoms with Crippen LogP contribution < -0.4 is 0 Å². The van der Waals surface area contributed by atoms with Crippen molar-refractivity contribution >= 4 is 89.8 Å². The van der Waals surface area contributed by atoms with Crippen LogP contribution in [0.5, 0.6) is 0 Å². The Hall–Kier alpha value is -4.26.